The molecule has 1 aromatic rings. The predicted molar refractivity (Wildman–Crippen MR) is 87.6 cm³/mol. The maximum atomic E-state index is 13.2. The summed E-state index contributed by atoms with van der Waals surface area (Å²) in [5.74, 6) is 0. The lowest BCUT2D eigenvalue weighted by Crippen LogP contribution is -2.41. The molecule has 0 fully saturated rings. The van der Waals surface area contributed by atoms with E-state index in [1.807, 2.05) is 0 Å². The molecule has 0 radical (unpaired) electrons. The lowest BCUT2D eigenvalue weighted by molar-refractivity contribution is -0.158. The van der Waals surface area contributed by atoms with Gasteiger partial charge < -0.3 is 9.64 Å². The minimum atomic E-state index is -4.49. The van der Waals surface area contributed by atoms with E-state index < -0.39 is 23.9 Å². The summed E-state index contributed by atoms with van der Waals surface area (Å²) in [6.45, 7) is 5.16. The Bertz CT molecular complexity index is 544. The molecular formula is C15H21BrF3N3O2. The van der Waals surface area contributed by atoms with Crippen LogP contribution < -0.4 is 5.32 Å². The smallest absolute Gasteiger partial charge is 0.410 e. The molecule has 9 heteroatoms. The topological polar surface area (TPSA) is 54.5 Å². The van der Waals surface area contributed by atoms with E-state index in [0.29, 0.717) is 4.47 Å². The second kappa shape index (κ2) is 8.15. The zero-order valence-corrected chi connectivity index (χ0v) is 15.5. The molecule has 0 saturated carbocycles. The van der Waals surface area contributed by atoms with E-state index in [1.54, 1.807) is 20.8 Å². The van der Waals surface area contributed by atoms with Crippen LogP contribution in [-0.4, -0.2) is 47.9 Å². The highest BCUT2D eigenvalue weighted by Gasteiger charge is 2.41. The van der Waals surface area contributed by atoms with Crippen LogP contribution in [0, 0.1) is 0 Å². The van der Waals surface area contributed by atoms with E-state index in [2.05, 4.69) is 26.2 Å². The number of likely N-dealkylation sites (N-methyl/N-ethyl adjacent to an activating group) is 1. The molecular weight excluding hydrogens is 391 g/mol. The Morgan fingerprint density at radius 3 is 2.46 bits per heavy atom. The molecule has 1 rings (SSSR count). The number of nitrogens with zero attached hydrogens (tertiary/aromatic N) is 2. The minimum absolute atomic E-state index is 0.0579. The summed E-state index contributed by atoms with van der Waals surface area (Å²) in [7, 11) is 1.47. The van der Waals surface area contributed by atoms with E-state index in [9.17, 15) is 18.0 Å². The number of hydrogen-bond acceptors (Lipinski definition) is 4. The van der Waals surface area contributed by atoms with Gasteiger partial charge in [-0.05, 0) is 48.8 Å². The van der Waals surface area contributed by atoms with Crippen molar-refractivity contribution in [3.63, 3.8) is 0 Å². The van der Waals surface area contributed by atoms with Crippen molar-refractivity contribution < 1.29 is 22.7 Å². The Balaban J connectivity index is 2.64. The average Bonchev–Trinajstić information content (AvgIpc) is 2.41. The monoisotopic (exact) mass is 411 g/mol. The maximum absolute atomic E-state index is 13.2. The van der Waals surface area contributed by atoms with Gasteiger partial charge in [0.1, 0.15) is 11.6 Å². The quantitative estimate of drug-likeness (QED) is 0.797. The largest absolute Gasteiger partial charge is 0.444 e. The first kappa shape index (κ1) is 20.7. The van der Waals surface area contributed by atoms with Gasteiger partial charge in [-0.2, -0.15) is 13.2 Å². The molecule has 0 saturated heterocycles. The van der Waals surface area contributed by atoms with Gasteiger partial charge in [-0.25, -0.2) is 4.79 Å². The zero-order chi connectivity index (χ0) is 18.5. The van der Waals surface area contributed by atoms with Crippen molar-refractivity contribution in [2.75, 3.05) is 20.1 Å². The molecule has 0 aromatic carbocycles. The summed E-state index contributed by atoms with van der Waals surface area (Å²) in [4.78, 5) is 16.8. The summed E-state index contributed by atoms with van der Waals surface area (Å²) in [6, 6.07) is 0.889. The van der Waals surface area contributed by atoms with Crippen LogP contribution in [0.3, 0.4) is 0 Å². The van der Waals surface area contributed by atoms with Crippen LogP contribution in [0.5, 0.6) is 0 Å². The lowest BCUT2D eigenvalue weighted by Gasteiger charge is -2.26. The number of carbonyl (C=O) groups excluding carboxylic acids is 1. The first-order chi connectivity index (χ1) is 10.9. The van der Waals surface area contributed by atoms with Gasteiger partial charge in [0.25, 0.3) is 0 Å². The van der Waals surface area contributed by atoms with Crippen molar-refractivity contribution in [2.24, 2.45) is 0 Å². The van der Waals surface area contributed by atoms with Crippen molar-refractivity contribution in [1.82, 2.24) is 15.2 Å². The molecule has 136 valence electrons. The van der Waals surface area contributed by atoms with Crippen molar-refractivity contribution in [2.45, 2.75) is 38.6 Å². The SMILES string of the molecule is CN(CCNC(c1ccc(Br)cn1)C(F)(F)F)C(=O)OC(C)(C)C. The molecule has 0 spiro atoms. The fraction of sp³-hybridized carbons (Fsp3) is 0.600. The molecule has 24 heavy (non-hydrogen) atoms. The number of alkyl halides is 3. The number of carbonyl (C=O) groups is 1. The van der Waals surface area contributed by atoms with Gasteiger partial charge in [0.2, 0.25) is 0 Å². The summed E-state index contributed by atoms with van der Waals surface area (Å²) in [5, 5.41) is 2.39. The average molecular weight is 412 g/mol. The normalized spacial score (nSPS) is 13.5. The third-order valence-electron chi connectivity index (χ3n) is 2.87. The Morgan fingerprint density at radius 2 is 2.00 bits per heavy atom. The number of nitrogens with one attached hydrogen (secondary N) is 1. The van der Waals surface area contributed by atoms with Gasteiger partial charge >= 0.3 is 12.3 Å². The highest BCUT2D eigenvalue weighted by molar-refractivity contribution is 9.10. The molecule has 1 N–H and O–H groups in total. The van der Waals surface area contributed by atoms with Crippen LogP contribution in [0.2, 0.25) is 0 Å². The van der Waals surface area contributed by atoms with Crippen molar-refractivity contribution in [3.8, 4) is 0 Å². The van der Waals surface area contributed by atoms with Gasteiger partial charge in [0.15, 0.2) is 0 Å². The molecule has 0 aliphatic carbocycles. The Kier molecular flexibility index (Phi) is 7.03. The summed E-state index contributed by atoms with van der Waals surface area (Å²) in [5.41, 5.74) is -0.792. The molecule has 1 aromatic heterocycles. The van der Waals surface area contributed by atoms with Gasteiger partial charge in [-0.1, -0.05) is 0 Å². The van der Waals surface area contributed by atoms with Crippen LogP contribution in [-0.2, 0) is 4.74 Å². The molecule has 0 aliphatic rings. The van der Waals surface area contributed by atoms with Crippen LogP contribution in [0.4, 0.5) is 18.0 Å². The van der Waals surface area contributed by atoms with Crippen LogP contribution >= 0.6 is 15.9 Å². The first-order valence-corrected chi connectivity index (χ1v) is 8.05. The van der Waals surface area contributed by atoms with Crippen molar-refractivity contribution in [1.29, 1.82) is 0 Å². The van der Waals surface area contributed by atoms with E-state index in [1.165, 1.54) is 30.3 Å². The molecule has 1 amide bonds. The number of amides is 1. The third-order valence-corrected chi connectivity index (χ3v) is 3.34. The van der Waals surface area contributed by atoms with E-state index in [0.717, 1.165) is 0 Å². The van der Waals surface area contributed by atoms with E-state index in [-0.39, 0.29) is 18.8 Å². The predicted octanol–water partition coefficient (Wildman–Crippen LogP) is 3.90. The molecule has 0 aliphatic heterocycles. The lowest BCUT2D eigenvalue weighted by atomic mass is 10.2. The number of pyridine rings is 1. The van der Waals surface area contributed by atoms with Gasteiger partial charge in [-0.3, -0.25) is 10.3 Å². The second-order valence-corrected chi connectivity index (χ2v) is 7.15. The van der Waals surface area contributed by atoms with Crippen LogP contribution in [0.25, 0.3) is 0 Å². The number of hydrogen-bond donors (Lipinski definition) is 1. The van der Waals surface area contributed by atoms with Gasteiger partial charge in [0.05, 0.1) is 5.69 Å². The first-order valence-electron chi connectivity index (χ1n) is 7.26. The fourth-order valence-electron chi connectivity index (χ4n) is 1.75. The summed E-state index contributed by atoms with van der Waals surface area (Å²) in [6.07, 6.45) is -3.77. The maximum Gasteiger partial charge on any atom is 0.410 e. The molecule has 1 atom stereocenters. The minimum Gasteiger partial charge on any atom is -0.444 e. The van der Waals surface area contributed by atoms with Gasteiger partial charge in [-0.15, -0.1) is 0 Å². The van der Waals surface area contributed by atoms with Crippen LogP contribution in [0.15, 0.2) is 22.8 Å². The highest BCUT2D eigenvalue weighted by atomic mass is 79.9. The number of rotatable bonds is 5. The van der Waals surface area contributed by atoms with E-state index >= 15 is 0 Å². The summed E-state index contributed by atoms with van der Waals surface area (Å²) >= 11 is 3.13. The Labute approximate surface area is 147 Å². The number of halogens is 4. The highest BCUT2D eigenvalue weighted by Crippen LogP contribution is 2.31. The van der Waals surface area contributed by atoms with Crippen molar-refractivity contribution in [3.05, 3.63) is 28.5 Å². The Hall–Kier alpha value is -1.35. The van der Waals surface area contributed by atoms with Crippen molar-refractivity contribution >= 4 is 22.0 Å². The van der Waals surface area contributed by atoms with Crippen LogP contribution in [0.1, 0.15) is 32.5 Å². The molecule has 0 bridgehead atoms. The number of ether oxygens (including phenoxy) is 1. The third kappa shape index (κ3) is 7.04. The standard InChI is InChI=1S/C15H21BrF3N3O2/c1-14(2,3)24-13(23)22(4)8-7-20-12(15(17,18)19)11-6-5-10(16)9-21-11/h5-6,9,12,20H,7-8H2,1-4H3. The number of aromatic nitrogens is 1. The molecule has 5 nitrogen and oxygen atoms in total. The zero-order valence-electron chi connectivity index (χ0n) is 13.9. The summed E-state index contributed by atoms with van der Waals surface area (Å²) < 4.78 is 45.3. The van der Waals surface area contributed by atoms with E-state index in [4.69, 9.17) is 4.74 Å². The van der Waals surface area contributed by atoms with Gasteiger partial charge in [0, 0.05) is 30.8 Å². The second-order valence-electron chi connectivity index (χ2n) is 6.23. The Morgan fingerprint density at radius 1 is 1.38 bits per heavy atom. The fourth-order valence-corrected chi connectivity index (χ4v) is 1.99. The molecule has 1 unspecified atom stereocenters. The molecule has 1 heterocycles.